The van der Waals surface area contributed by atoms with Crippen molar-refractivity contribution in [2.45, 2.75) is 12.0 Å². The Hall–Kier alpha value is -4.98. The van der Waals surface area contributed by atoms with Crippen LogP contribution in [0, 0.1) is 0 Å². The van der Waals surface area contributed by atoms with E-state index in [1.54, 1.807) is 24.3 Å². The van der Waals surface area contributed by atoms with E-state index in [1.807, 2.05) is 0 Å². The number of aromatic hydroxyl groups is 7. The van der Waals surface area contributed by atoms with Gasteiger partial charge in [-0.3, -0.25) is 0 Å². The van der Waals surface area contributed by atoms with Crippen molar-refractivity contribution in [1.29, 1.82) is 0 Å². The Morgan fingerprint density at radius 2 is 1.19 bits per heavy atom. The Bertz CT molecular complexity index is 1490. The summed E-state index contributed by atoms with van der Waals surface area (Å²) in [6.07, 6.45) is 2.66. The summed E-state index contributed by atoms with van der Waals surface area (Å²) in [4.78, 5) is 0. The number of fused-ring (bicyclic) bond motifs is 1. The maximum Gasteiger partial charge on any atom is 0.157 e. The summed E-state index contributed by atoms with van der Waals surface area (Å²) in [6, 6.07) is 15.8. The molecule has 0 saturated carbocycles. The first kappa shape index (κ1) is 22.8. The van der Waals surface area contributed by atoms with Gasteiger partial charge in [-0.25, -0.2) is 0 Å². The maximum atomic E-state index is 10.4. The summed E-state index contributed by atoms with van der Waals surface area (Å²) in [5.41, 5.74) is 2.84. The normalized spacial score (nSPS) is 16.7. The van der Waals surface area contributed by atoms with E-state index >= 15 is 0 Å². The molecular weight excluding hydrogens is 464 g/mol. The number of phenols is 7. The third kappa shape index (κ3) is 4.16. The molecule has 0 amide bonds. The molecule has 1 aliphatic rings. The van der Waals surface area contributed by atoms with Gasteiger partial charge in [0.1, 0.15) is 29.1 Å². The predicted octanol–water partition coefficient (Wildman–Crippen LogP) is 5.06. The van der Waals surface area contributed by atoms with Crippen LogP contribution in [0.1, 0.15) is 39.8 Å². The van der Waals surface area contributed by atoms with Crippen molar-refractivity contribution in [3.63, 3.8) is 0 Å². The Morgan fingerprint density at radius 1 is 0.556 bits per heavy atom. The zero-order valence-electron chi connectivity index (χ0n) is 18.7. The molecule has 7 N–H and O–H groups in total. The van der Waals surface area contributed by atoms with Gasteiger partial charge in [0, 0.05) is 17.7 Å². The van der Waals surface area contributed by atoms with Gasteiger partial charge in [-0.1, -0.05) is 24.3 Å². The molecule has 0 aromatic heterocycles. The van der Waals surface area contributed by atoms with Crippen LogP contribution in [0.3, 0.4) is 0 Å². The molecule has 4 aromatic rings. The second kappa shape index (κ2) is 8.66. The average Bonchev–Trinajstić information content (AvgIpc) is 3.20. The Morgan fingerprint density at radius 3 is 1.86 bits per heavy atom. The summed E-state index contributed by atoms with van der Waals surface area (Å²) >= 11 is 0. The molecule has 5 rings (SSSR count). The van der Waals surface area contributed by atoms with Crippen molar-refractivity contribution >= 4 is 12.2 Å². The van der Waals surface area contributed by atoms with Crippen LogP contribution in [0.5, 0.6) is 46.0 Å². The minimum Gasteiger partial charge on any atom is -0.508 e. The molecule has 4 aromatic carbocycles. The Kier molecular flexibility index (Phi) is 5.49. The predicted molar refractivity (Wildman–Crippen MR) is 132 cm³/mol. The van der Waals surface area contributed by atoms with Crippen LogP contribution in [-0.4, -0.2) is 35.7 Å². The van der Waals surface area contributed by atoms with Gasteiger partial charge in [0.15, 0.2) is 23.0 Å². The highest BCUT2D eigenvalue weighted by Gasteiger charge is 2.39. The molecule has 1 heterocycles. The highest BCUT2D eigenvalue weighted by molar-refractivity contribution is 5.76. The van der Waals surface area contributed by atoms with Gasteiger partial charge in [-0.05, 0) is 64.7 Å². The van der Waals surface area contributed by atoms with Crippen LogP contribution in [0.2, 0.25) is 0 Å². The second-order valence-electron chi connectivity index (χ2n) is 8.58. The van der Waals surface area contributed by atoms with Crippen LogP contribution in [0.4, 0.5) is 0 Å². The van der Waals surface area contributed by atoms with E-state index in [0.29, 0.717) is 33.6 Å². The third-order valence-corrected chi connectivity index (χ3v) is 6.09. The standard InChI is InChI=1S/C28H22O8/c29-18-9-17(10-19(30)12-18)27-26-15(3-1-14-2-5-21(32)23(34)7-14)8-20(31)13-25(26)36-28(27)16-4-6-22(33)24(35)11-16/h1-13,27-35H/b3-1+/t27-,28-/m1/s1. The molecule has 0 fully saturated rings. The van der Waals surface area contributed by atoms with E-state index in [4.69, 9.17) is 4.74 Å². The summed E-state index contributed by atoms with van der Waals surface area (Å²) < 4.78 is 6.22. The van der Waals surface area contributed by atoms with Crippen LogP contribution < -0.4 is 4.74 Å². The number of hydrogen-bond donors (Lipinski definition) is 7. The second-order valence-corrected chi connectivity index (χ2v) is 8.58. The van der Waals surface area contributed by atoms with Gasteiger partial charge < -0.3 is 40.5 Å². The SMILES string of the molecule is Oc1cc(O)cc([C@@H]2c3c(/C=C/c4ccc(O)c(O)c4)cc(O)cc3O[C@@H]2c2ccc(O)c(O)c2)c1. The first-order valence-corrected chi connectivity index (χ1v) is 11.0. The van der Waals surface area contributed by atoms with Gasteiger partial charge >= 0.3 is 0 Å². The molecule has 8 nitrogen and oxygen atoms in total. The molecule has 36 heavy (non-hydrogen) atoms. The monoisotopic (exact) mass is 486 g/mol. The quantitative estimate of drug-likeness (QED) is 0.156. The minimum atomic E-state index is -0.737. The fourth-order valence-electron chi connectivity index (χ4n) is 4.50. The topological polar surface area (TPSA) is 151 Å². The summed E-state index contributed by atoms with van der Waals surface area (Å²) in [5.74, 6) is -1.75. The number of hydrogen-bond acceptors (Lipinski definition) is 8. The fraction of sp³-hybridized carbons (Fsp3) is 0.0714. The van der Waals surface area contributed by atoms with E-state index in [0.717, 1.165) is 0 Å². The average molecular weight is 486 g/mol. The lowest BCUT2D eigenvalue weighted by Gasteiger charge is -2.21. The van der Waals surface area contributed by atoms with E-state index in [9.17, 15) is 35.7 Å². The number of rotatable bonds is 4. The first-order valence-electron chi connectivity index (χ1n) is 11.0. The number of ether oxygens (including phenoxy) is 1. The van der Waals surface area contributed by atoms with E-state index < -0.39 is 12.0 Å². The van der Waals surface area contributed by atoms with Gasteiger partial charge in [-0.15, -0.1) is 0 Å². The van der Waals surface area contributed by atoms with Crippen molar-refractivity contribution in [1.82, 2.24) is 0 Å². The van der Waals surface area contributed by atoms with E-state index in [-0.39, 0.29) is 40.2 Å². The maximum absolute atomic E-state index is 10.4. The molecule has 182 valence electrons. The molecule has 0 aliphatic carbocycles. The zero-order chi connectivity index (χ0) is 25.6. The molecule has 0 unspecified atom stereocenters. The van der Waals surface area contributed by atoms with Crippen molar-refractivity contribution in [2.24, 2.45) is 0 Å². The summed E-state index contributed by atoms with van der Waals surface area (Å²) in [6.45, 7) is 0. The Labute approximate surface area is 205 Å². The molecule has 8 heteroatoms. The van der Waals surface area contributed by atoms with Gasteiger partial charge in [0.05, 0.1) is 5.92 Å². The highest BCUT2D eigenvalue weighted by atomic mass is 16.5. The van der Waals surface area contributed by atoms with Crippen molar-refractivity contribution < 1.29 is 40.5 Å². The van der Waals surface area contributed by atoms with Crippen molar-refractivity contribution in [2.75, 3.05) is 0 Å². The lowest BCUT2D eigenvalue weighted by atomic mass is 9.82. The van der Waals surface area contributed by atoms with Gasteiger partial charge in [0.25, 0.3) is 0 Å². The first-order chi connectivity index (χ1) is 17.2. The molecule has 0 bridgehead atoms. The molecule has 1 aliphatic heterocycles. The van der Waals surface area contributed by atoms with Crippen molar-refractivity contribution in [3.05, 3.63) is 94.5 Å². The minimum absolute atomic E-state index is 0.0614. The summed E-state index contributed by atoms with van der Waals surface area (Å²) in [5, 5.41) is 70.0. The van der Waals surface area contributed by atoms with Crippen molar-refractivity contribution in [3.8, 4) is 46.0 Å². The smallest absolute Gasteiger partial charge is 0.157 e. The van der Waals surface area contributed by atoms with Gasteiger partial charge in [-0.2, -0.15) is 0 Å². The number of benzene rings is 4. The third-order valence-electron chi connectivity index (χ3n) is 6.09. The van der Waals surface area contributed by atoms with E-state index in [2.05, 4.69) is 0 Å². The molecule has 2 atom stereocenters. The van der Waals surface area contributed by atoms with Crippen LogP contribution in [-0.2, 0) is 0 Å². The lowest BCUT2D eigenvalue weighted by Crippen LogP contribution is -2.12. The fourth-order valence-corrected chi connectivity index (χ4v) is 4.50. The molecule has 0 spiro atoms. The highest BCUT2D eigenvalue weighted by Crippen LogP contribution is 2.53. The van der Waals surface area contributed by atoms with Crippen LogP contribution >= 0.6 is 0 Å². The van der Waals surface area contributed by atoms with Crippen LogP contribution in [0.15, 0.2) is 66.7 Å². The molecule has 0 saturated heterocycles. The Balaban J connectivity index is 1.68. The van der Waals surface area contributed by atoms with E-state index in [1.165, 1.54) is 54.6 Å². The number of phenolic OH excluding ortho intramolecular Hbond substituents is 7. The molecular formula is C28H22O8. The lowest BCUT2D eigenvalue weighted by molar-refractivity contribution is 0.221. The zero-order valence-corrected chi connectivity index (χ0v) is 18.7. The molecule has 0 radical (unpaired) electrons. The largest absolute Gasteiger partial charge is 0.508 e. The summed E-state index contributed by atoms with van der Waals surface area (Å²) in [7, 11) is 0. The van der Waals surface area contributed by atoms with Gasteiger partial charge in [0.2, 0.25) is 0 Å². The van der Waals surface area contributed by atoms with Crippen LogP contribution in [0.25, 0.3) is 12.2 Å².